The Balaban J connectivity index is 1.81. The van der Waals surface area contributed by atoms with Gasteiger partial charge in [-0.3, -0.25) is 9.59 Å². The first-order chi connectivity index (χ1) is 11.3. The maximum Gasteiger partial charge on any atom is 0.405 e. The van der Waals surface area contributed by atoms with Crippen molar-refractivity contribution >= 4 is 27.9 Å². The van der Waals surface area contributed by atoms with Crippen molar-refractivity contribution in [3.8, 4) is 5.75 Å². The van der Waals surface area contributed by atoms with Crippen molar-refractivity contribution in [3.63, 3.8) is 0 Å². The standard InChI is InChI=1S/C15H20BrN3O5/c1-19-8-11(16)12(6-14(19)21)24-10-4-2-9(3-5-10)18-13(20)7-17-15(22)23/h6,8-10,17H,2-5,7H2,1H3,(H,18,20)(H,22,23)/t9-,10-. The Labute approximate surface area is 147 Å². The van der Waals surface area contributed by atoms with Crippen LogP contribution in [-0.4, -0.2) is 40.4 Å². The topological polar surface area (TPSA) is 110 Å². The summed E-state index contributed by atoms with van der Waals surface area (Å²) in [5.74, 6) is 0.187. The second-order valence-electron chi connectivity index (χ2n) is 5.75. The molecule has 132 valence electrons. The molecule has 0 unspecified atom stereocenters. The van der Waals surface area contributed by atoms with E-state index in [1.807, 2.05) is 5.32 Å². The number of carboxylic acid groups (broad SMARTS) is 1. The second kappa shape index (κ2) is 8.18. The molecule has 8 nitrogen and oxygen atoms in total. The second-order valence-corrected chi connectivity index (χ2v) is 6.61. The van der Waals surface area contributed by atoms with Gasteiger partial charge in [-0.1, -0.05) is 0 Å². The highest BCUT2D eigenvalue weighted by atomic mass is 79.9. The van der Waals surface area contributed by atoms with Gasteiger partial charge in [-0.25, -0.2) is 4.79 Å². The lowest BCUT2D eigenvalue weighted by molar-refractivity contribution is -0.121. The number of ether oxygens (including phenoxy) is 1. The zero-order valence-electron chi connectivity index (χ0n) is 13.3. The zero-order chi connectivity index (χ0) is 17.7. The van der Waals surface area contributed by atoms with Crippen LogP contribution >= 0.6 is 15.9 Å². The van der Waals surface area contributed by atoms with Gasteiger partial charge in [0.1, 0.15) is 5.75 Å². The van der Waals surface area contributed by atoms with Crippen molar-refractivity contribution in [1.82, 2.24) is 15.2 Å². The number of aryl methyl sites for hydroxylation is 1. The molecule has 0 aliphatic heterocycles. The molecule has 1 fully saturated rings. The monoisotopic (exact) mass is 401 g/mol. The fourth-order valence-corrected chi connectivity index (χ4v) is 3.12. The molecule has 0 saturated heterocycles. The number of aromatic nitrogens is 1. The van der Waals surface area contributed by atoms with Crippen LogP contribution in [0.4, 0.5) is 4.79 Å². The molecule has 2 rings (SSSR count). The van der Waals surface area contributed by atoms with Crippen LogP contribution in [0.1, 0.15) is 25.7 Å². The number of amides is 2. The van der Waals surface area contributed by atoms with E-state index >= 15 is 0 Å². The van der Waals surface area contributed by atoms with E-state index in [1.54, 1.807) is 13.2 Å². The number of pyridine rings is 1. The van der Waals surface area contributed by atoms with Crippen molar-refractivity contribution in [2.45, 2.75) is 37.8 Å². The van der Waals surface area contributed by atoms with E-state index in [0.29, 0.717) is 5.75 Å². The molecular formula is C15H20BrN3O5. The lowest BCUT2D eigenvalue weighted by Crippen LogP contribution is -2.44. The fraction of sp³-hybridized carbons (Fsp3) is 0.533. The minimum absolute atomic E-state index is 0.0139. The predicted octanol–water partition coefficient (Wildman–Crippen LogP) is 1.22. The fourth-order valence-electron chi connectivity index (χ4n) is 2.61. The van der Waals surface area contributed by atoms with Crippen LogP contribution in [0.25, 0.3) is 0 Å². The first-order valence-electron chi connectivity index (χ1n) is 7.64. The largest absolute Gasteiger partial charge is 0.489 e. The average molecular weight is 402 g/mol. The average Bonchev–Trinajstić information content (AvgIpc) is 2.52. The van der Waals surface area contributed by atoms with E-state index in [-0.39, 0.29) is 30.2 Å². The summed E-state index contributed by atoms with van der Waals surface area (Å²) in [4.78, 5) is 33.6. The summed E-state index contributed by atoms with van der Waals surface area (Å²) in [5, 5.41) is 13.3. The highest BCUT2D eigenvalue weighted by Gasteiger charge is 2.24. The first-order valence-corrected chi connectivity index (χ1v) is 8.43. The summed E-state index contributed by atoms with van der Waals surface area (Å²) >= 11 is 3.38. The van der Waals surface area contributed by atoms with Gasteiger partial charge in [0.05, 0.1) is 17.1 Å². The Morgan fingerprint density at radius 3 is 2.67 bits per heavy atom. The summed E-state index contributed by atoms with van der Waals surface area (Å²) in [7, 11) is 1.67. The number of hydrogen-bond acceptors (Lipinski definition) is 4. The Hall–Kier alpha value is -2.03. The van der Waals surface area contributed by atoms with Crippen molar-refractivity contribution < 1.29 is 19.4 Å². The van der Waals surface area contributed by atoms with Crippen LogP contribution in [0.3, 0.4) is 0 Å². The van der Waals surface area contributed by atoms with Gasteiger partial charge in [0.15, 0.2) is 0 Å². The molecule has 0 spiro atoms. The molecule has 9 heteroatoms. The Kier molecular flexibility index (Phi) is 6.24. The third kappa shape index (κ3) is 5.26. The molecule has 1 aromatic rings. The van der Waals surface area contributed by atoms with Crippen molar-refractivity contribution in [1.29, 1.82) is 0 Å². The van der Waals surface area contributed by atoms with Gasteiger partial charge in [-0.2, -0.15) is 0 Å². The zero-order valence-corrected chi connectivity index (χ0v) is 14.8. The molecule has 24 heavy (non-hydrogen) atoms. The molecule has 1 aliphatic carbocycles. The van der Waals surface area contributed by atoms with E-state index in [9.17, 15) is 14.4 Å². The van der Waals surface area contributed by atoms with Gasteiger partial charge < -0.3 is 25.0 Å². The van der Waals surface area contributed by atoms with E-state index in [2.05, 4.69) is 21.2 Å². The number of halogens is 1. The predicted molar refractivity (Wildman–Crippen MR) is 90.2 cm³/mol. The quantitative estimate of drug-likeness (QED) is 0.686. The SMILES string of the molecule is Cn1cc(Br)c(O[C@H]2CC[C@H](NC(=O)CNC(=O)O)CC2)cc1=O. The molecule has 2 amide bonds. The van der Waals surface area contributed by atoms with Gasteiger partial charge in [0.25, 0.3) is 5.56 Å². The smallest absolute Gasteiger partial charge is 0.405 e. The van der Waals surface area contributed by atoms with Crippen LogP contribution in [0, 0.1) is 0 Å². The highest BCUT2D eigenvalue weighted by molar-refractivity contribution is 9.10. The molecule has 0 atom stereocenters. The van der Waals surface area contributed by atoms with E-state index in [4.69, 9.17) is 9.84 Å². The van der Waals surface area contributed by atoms with Crippen LogP contribution in [-0.2, 0) is 11.8 Å². The van der Waals surface area contributed by atoms with E-state index in [1.165, 1.54) is 10.6 Å². The van der Waals surface area contributed by atoms with Crippen LogP contribution < -0.4 is 20.9 Å². The van der Waals surface area contributed by atoms with Crippen molar-refractivity contribution in [3.05, 3.63) is 27.1 Å². The molecular weight excluding hydrogens is 382 g/mol. The van der Waals surface area contributed by atoms with E-state index in [0.717, 1.165) is 30.2 Å². The lowest BCUT2D eigenvalue weighted by atomic mass is 9.93. The summed E-state index contributed by atoms with van der Waals surface area (Å²) in [6.45, 7) is -0.244. The number of nitrogens with zero attached hydrogens (tertiary/aromatic N) is 1. The molecule has 3 N–H and O–H groups in total. The van der Waals surface area contributed by atoms with Gasteiger partial charge in [-0.05, 0) is 41.6 Å². The minimum Gasteiger partial charge on any atom is -0.489 e. The number of rotatable bonds is 5. The first kappa shape index (κ1) is 18.3. The molecule has 0 radical (unpaired) electrons. The van der Waals surface area contributed by atoms with Gasteiger partial charge >= 0.3 is 6.09 Å². The number of nitrogens with one attached hydrogen (secondary N) is 2. The minimum atomic E-state index is -1.22. The lowest BCUT2D eigenvalue weighted by Gasteiger charge is -2.29. The normalized spacial score (nSPS) is 20.2. The summed E-state index contributed by atoms with van der Waals surface area (Å²) in [5.41, 5.74) is -0.139. The van der Waals surface area contributed by atoms with Gasteiger partial charge in [0, 0.05) is 25.4 Å². The van der Waals surface area contributed by atoms with Crippen molar-refractivity contribution in [2.75, 3.05) is 6.54 Å². The van der Waals surface area contributed by atoms with Crippen molar-refractivity contribution in [2.24, 2.45) is 7.05 Å². The molecule has 1 aliphatic rings. The maximum absolute atomic E-state index is 11.7. The highest BCUT2D eigenvalue weighted by Crippen LogP contribution is 2.28. The van der Waals surface area contributed by atoms with Gasteiger partial charge in [0.2, 0.25) is 5.91 Å². The van der Waals surface area contributed by atoms with Crippen LogP contribution in [0.2, 0.25) is 0 Å². The molecule has 0 aromatic carbocycles. The Morgan fingerprint density at radius 1 is 1.38 bits per heavy atom. The summed E-state index contributed by atoms with van der Waals surface area (Å²) in [6.07, 6.45) is 3.41. The Bertz CT molecular complexity index is 668. The molecule has 1 saturated carbocycles. The van der Waals surface area contributed by atoms with Crippen LogP contribution in [0.15, 0.2) is 21.5 Å². The summed E-state index contributed by atoms with van der Waals surface area (Å²) < 4.78 is 8.08. The summed E-state index contributed by atoms with van der Waals surface area (Å²) in [6, 6.07) is 1.47. The molecule has 1 aromatic heterocycles. The van der Waals surface area contributed by atoms with Gasteiger partial charge in [-0.15, -0.1) is 0 Å². The number of hydrogen-bond donors (Lipinski definition) is 3. The molecule has 1 heterocycles. The molecule has 0 bridgehead atoms. The third-order valence-electron chi connectivity index (χ3n) is 3.88. The number of carbonyl (C=O) groups is 2. The van der Waals surface area contributed by atoms with E-state index < -0.39 is 6.09 Å². The maximum atomic E-state index is 11.7. The number of carbonyl (C=O) groups excluding carboxylic acids is 1. The Morgan fingerprint density at radius 2 is 2.04 bits per heavy atom. The third-order valence-corrected chi connectivity index (χ3v) is 4.47. The van der Waals surface area contributed by atoms with Crippen LogP contribution in [0.5, 0.6) is 5.75 Å².